The number of benzene rings is 2. The van der Waals surface area contributed by atoms with Crippen LogP contribution in [0, 0.1) is 0 Å². The van der Waals surface area contributed by atoms with Gasteiger partial charge in [-0.05, 0) is 11.6 Å². The number of Topliss-reactive ketones (excluding diaryl/α,β-unsaturated/α-hetero) is 1. The molecule has 0 bridgehead atoms. The van der Waals surface area contributed by atoms with Gasteiger partial charge in [-0.1, -0.05) is 48.5 Å². The Balaban J connectivity index is 1.73. The molecule has 4 N–H and O–H groups in total. The van der Waals surface area contributed by atoms with E-state index in [1.165, 1.54) is 7.11 Å². The number of aromatic amines is 1. The minimum Gasteiger partial charge on any atom is -0.508 e. The summed E-state index contributed by atoms with van der Waals surface area (Å²) in [6, 6.07) is 14.5. The zero-order valence-electron chi connectivity index (χ0n) is 16.3. The number of methoxy groups -OCH3 is 1. The maximum absolute atomic E-state index is 13.6. The van der Waals surface area contributed by atoms with Crippen LogP contribution in [-0.2, 0) is 5.54 Å². The normalized spacial score (nSPS) is 20.2. The standard InChI is InChI=1S/C23H16N4O4/c1-31-22-25-20-18(21(30)26-22)24-17-11-6-2-3-7-12(11)19(29)16(17)23(27-20)10-15(28)13-8-4-5-9-14(13)23/h2-10,24,28H,1H3,(H2,25,26,27,30). The molecule has 0 saturated carbocycles. The Morgan fingerprint density at radius 1 is 1.00 bits per heavy atom. The highest BCUT2D eigenvalue weighted by atomic mass is 16.5. The van der Waals surface area contributed by atoms with E-state index in [-0.39, 0.29) is 29.1 Å². The number of nitrogens with one attached hydrogen (secondary N) is 3. The van der Waals surface area contributed by atoms with Gasteiger partial charge in [0.05, 0.1) is 18.4 Å². The Labute approximate surface area is 175 Å². The average molecular weight is 412 g/mol. The van der Waals surface area contributed by atoms with Crippen molar-refractivity contribution in [1.82, 2.24) is 9.97 Å². The molecular weight excluding hydrogens is 396 g/mol. The van der Waals surface area contributed by atoms with E-state index in [9.17, 15) is 14.7 Å². The van der Waals surface area contributed by atoms with Crippen LogP contribution in [0.4, 0.5) is 11.5 Å². The predicted octanol–water partition coefficient (Wildman–Crippen LogP) is 3.03. The van der Waals surface area contributed by atoms with Crippen LogP contribution in [-0.4, -0.2) is 28.0 Å². The van der Waals surface area contributed by atoms with E-state index in [2.05, 4.69) is 20.6 Å². The van der Waals surface area contributed by atoms with Gasteiger partial charge >= 0.3 is 0 Å². The summed E-state index contributed by atoms with van der Waals surface area (Å²) in [6.07, 6.45) is 1.60. The van der Waals surface area contributed by atoms with E-state index in [1.54, 1.807) is 24.3 Å². The summed E-state index contributed by atoms with van der Waals surface area (Å²) in [6.45, 7) is 0. The number of anilines is 2. The van der Waals surface area contributed by atoms with Crippen LogP contribution < -0.4 is 20.9 Å². The highest BCUT2D eigenvalue weighted by molar-refractivity contribution is 6.24. The lowest BCUT2D eigenvalue weighted by molar-refractivity contribution is 0.102. The quantitative estimate of drug-likeness (QED) is 0.485. The molecule has 1 spiro atoms. The number of aliphatic hydroxyl groups is 1. The number of carbonyl (C=O) groups is 1. The molecule has 6 rings (SSSR count). The molecule has 0 saturated heterocycles. The minimum atomic E-state index is -1.23. The Morgan fingerprint density at radius 3 is 2.48 bits per heavy atom. The van der Waals surface area contributed by atoms with Gasteiger partial charge in [0.15, 0.2) is 11.6 Å². The fourth-order valence-corrected chi connectivity index (χ4v) is 4.64. The minimum absolute atomic E-state index is 0.0291. The van der Waals surface area contributed by atoms with E-state index in [0.29, 0.717) is 33.5 Å². The van der Waals surface area contributed by atoms with Crippen LogP contribution in [0.3, 0.4) is 0 Å². The van der Waals surface area contributed by atoms with E-state index < -0.39 is 11.1 Å². The molecule has 1 unspecified atom stereocenters. The van der Waals surface area contributed by atoms with Crippen LogP contribution in [0.2, 0.25) is 0 Å². The predicted molar refractivity (Wildman–Crippen MR) is 115 cm³/mol. The molecular formula is C23H16N4O4. The Kier molecular flexibility index (Phi) is 3.31. The number of hydrogen-bond acceptors (Lipinski definition) is 7. The van der Waals surface area contributed by atoms with Gasteiger partial charge in [0.25, 0.3) is 11.6 Å². The molecule has 1 aliphatic heterocycles. The van der Waals surface area contributed by atoms with Crippen LogP contribution in [0.25, 0.3) is 11.5 Å². The van der Waals surface area contributed by atoms with Crippen molar-refractivity contribution in [2.75, 3.05) is 17.7 Å². The van der Waals surface area contributed by atoms with Crippen molar-refractivity contribution in [3.8, 4) is 6.01 Å². The molecule has 3 aromatic rings. The zero-order valence-corrected chi connectivity index (χ0v) is 16.3. The first-order valence-electron chi connectivity index (χ1n) is 9.67. The summed E-state index contributed by atoms with van der Waals surface area (Å²) < 4.78 is 5.14. The number of aromatic nitrogens is 2. The third-order valence-corrected chi connectivity index (χ3v) is 5.95. The van der Waals surface area contributed by atoms with Gasteiger partial charge in [0.1, 0.15) is 17.0 Å². The van der Waals surface area contributed by atoms with Crippen molar-refractivity contribution in [3.63, 3.8) is 0 Å². The molecule has 8 heteroatoms. The maximum atomic E-state index is 13.6. The highest BCUT2D eigenvalue weighted by Crippen LogP contribution is 2.52. The Morgan fingerprint density at radius 2 is 1.71 bits per heavy atom. The van der Waals surface area contributed by atoms with Gasteiger partial charge in [-0.2, -0.15) is 4.98 Å². The first-order chi connectivity index (χ1) is 15.0. The first kappa shape index (κ1) is 17.5. The summed E-state index contributed by atoms with van der Waals surface area (Å²) in [5, 5.41) is 17.2. The summed E-state index contributed by atoms with van der Waals surface area (Å²) in [4.78, 5) is 33.4. The van der Waals surface area contributed by atoms with Crippen LogP contribution in [0.5, 0.6) is 6.01 Å². The molecule has 2 aliphatic carbocycles. The molecule has 2 heterocycles. The number of nitrogens with zero attached hydrogens (tertiary/aromatic N) is 1. The second-order valence-electron chi connectivity index (χ2n) is 7.56. The summed E-state index contributed by atoms with van der Waals surface area (Å²) in [5.41, 5.74) is 1.88. The molecule has 0 radical (unpaired) electrons. The van der Waals surface area contributed by atoms with E-state index >= 15 is 0 Å². The third kappa shape index (κ3) is 2.16. The van der Waals surface area contributed by atoms with Gasteiger partial charge in [0, 0.05) is 16.7 Å². The molecule has 0 fully saturated rings. The van der Waals surface area contributed by atoms with Crippen molar-refractivity contribution in [2.45, 2.75) is 5.54 Å². The average Bonchev–Trinajstić information content (AvgIpc) is 3.16. The summed E-state index contributed by atoms with van der Waals surface area (Å²) >= 11 is 0. The maximum Gasteiger partial charge on any atom is 0.298 e. The lowest BCUT2D eigenvalue weighted by Crippen LogP contribution is -2.37. The van der Waals surface area contributed by atoms with Gasteiger partial charge < -0.3 is 20.5 Å². The first-order valence-corrected chi connectivity index (χ1v) is 9.67. The van der Waals surface area contributed by atoms with Crippen molar-refractivity contribution in [2.24, 2.45) is 0 Å². The smallest absolute Gasteiger partial charge is 0.298 e. The largest absolute Gasteiger partial charge is 0.508 e. The fraction of sp³-hybridized carbons (Fsp3) is 0.0870. The van der Waals surface area contributed by atoms with Gasteiger partial charge in [-0.15, -0.1) is 0 Å². The number of carbonyl (C=O) groups excluding carboxylic acids is 1. The number of H-pyrrole nitrogens is 1. The topological polar surface area (TPSA) is 116 Å². The van der Waals surface area contributed by atoms with Crippen LogP contribution in [0.15, 0.2) is 65.0 Å². The molecule has 3 aliphatic rings. The molecule has 8 nitrogen and oxygen atoms in total. The van der Waals surface area contributed by atoms with E-state index in [1.807, 2.05) is 30.3 Å². The molecule has 0 amide bonds. The zero-order chi connectivity index (χ0) is 21.3. The lowest BCUT2D eigenvalue weighted by Gasteiger charge is -2.30. The molecule has 2 aromatic carbocycles. The number of aliphatic hydroxyl groups excluding tert-OH is 1. The number of rotatable bonds is 1. The Hall–Kier alpha value is -4.33. The van der Waals surface area contributed by atoms with Gasteiger partial charge in [-0.25, -0.2) is 0 Å². The number of hydrogen-bond donors (Lipinski definition) is 4. The van der Waals surface area contributed by atoms with E-state index in [4.69, 9.17) is 4.74 Å². The Bertz CT molecular complexity index is 1440. The third-order valence-electron chi connectivity index (χ3n) is 5.95. The highest BCUT2D eigenvalue weighted by Gasteiger charge is 2.51. The lowest BCUT2D eigenvalue weighted by atomic mass is 9.82. The number of ether oxygens (including phenoxy) is 1. The fourth-order valence-electron chi connectivity index (χ4n) is 4.64. The van der Waals surface area contributed by atoms with Crippen molar-refractivity contribution in [1.29, 1.82) is 0 Å². The molecule has 1 aromatic heterocycles. The van der Waals surface area contributed by atoms with Crippen LogP contribution >= 0.6 is 0 Å². The monoisotopic (exact) mass is 412 g/mol. The molecule has 31 heavy (non-hydrogen) atoms. The summed E-state index contributed by atoms with van der Waals surface area (Å²) in [7, 11) is 1.40. The molecule has 1 atom stereocenters. The second kappa shape index (κ2) is 5.85. The van der Waals surface area contributed by atoms with Crippen molar-refractivity contribution < 1.29 is 14.6 Å². The van der Waals surface area contributed by atoms with Gasteiger partial charge in [0.2, 0.25) is 0 Å². The summed E-state index contributed by atoms with van der Waals surface area (Å²) in [5.74, 6) is 0.0579. The van der Waals surface area contributed by atoms with Crippen molar-refractivity contribution in [3.05, 3.63) is 92.8 Å². The van der Waals surface area contributed by atoms with Gasteiger partial charge in [-0.3, -0.25) is 14.6 Å². The van der Waals surface area contributed by atoms with Crippen LogP contribution in [0.1, 0.15) is 27.0 Å². The second-order valence-corrected chi connectivity index (χ2v) is 7.56. The number of ketones is 1. The number of fused-ring (bicyclic) bond motifs is 6. The van der Waals surface area contributed by atoms with E-state index in [0.717, 1.165) is 0 Å². The SMILES string of the molecule is COc1nc2c(c(=O)[nH]1)NC1=C(C(=O)c3ccccc31)C1(C=C(O)c3ccccc31)N2. The molecule has 152 valence electrons. The van der Waals surface area contributed by atoms with Crippen molar-refractivity contribution >= 4 is 28.7 Å².